The molecule has 0 atom stereocenters. The first-order valence-corrected chi connectivity index (χ1v) is 6.82. The van der Waals surface area contributed by atoms with Crippen LogP contribution in [0.2, 0.25) is 0 Å². The van der Waals surface area contributed by atoms with Crippen LogP contribution in [0.1, 0.15) is 0 Å². The molecule has 0 saturated carbocycles. The molecule has 87 valence electrons. The van der Waals surface area contributed by atoms with Crippen molar-refractivity contribution in [2.75, 3.05) is 4.72 Å². The number of nitrogens with one attached hydrogen (secondary N) is 1. The number of sulfonamides is 1. The Morgan fingerprint density at radius 1 is 0.882 bits per heavy atom. The second-order valence-corrected chi connectivity index (χ2v) is 5.60. The summed E-state index contributed by atoms with van der Waals surface area (Å²) in [4.78, 5) is 0.912. The highest BCUT2D eigenvalue weighted by Gasteiger charge is 2.12. The standard InChI is InChI=1S/C12H10NO2S2/c14-17(15,12-4-2-1-3-5-12)13-10-6-8-11(16)9-7-10/h1-9,13H. The molecule has 0 aliphatic heterocycles. The van der Waals surface area contributed by atoms with Gasteiger partial charge in [-0.2, -0.15) is 0 Å². The molecule has 2 aromatic carbocycles. The fraction of sp³-hybridized carbons (Fsp3) is 0. The predicted octanol–water partition coefficient (Wildman–Crippen LogP) is 3.04. The number of anilines is 1. The molecule has 2 aromatic rings. The molecule has 0 heterocycles. The topological polar surface area (TPSA) is 46.2 Å². The summed E-state index contributed by atoms with van der Waals surface area (Å²) in [7, 11) is -3.51. The van der Waals surface area contributed by atoms with Crippen LogP contribution in [0.5, 0.6) is 0 Å². The van der Waals surface area contributed by atoms with E-state index in [4.69, 9.17) is 12.6 Å². The molecule has 3 nitrogen and oxygen atoms in total. The highest BCUT2D eigenvalue weighted by molar-refractivity contribution is 7.92. The molecule has 0 bridgehead atoms. The SMILES string of the molecule is O=S(=O)(Nc1ccc([S])cc1)c1ccccc1. The minimum atomic E-state index is -3.51. The minimum Gasteiger partial charge on any atom is -0.280 e. The second-order valence-electron chi connectivity index (χ2n) is 3.44. The van der Waals surface area contributed by atoms with Crippen LogP contribution < -0.4 is 4.72 Å². The fourth-order valence-corrected chi connectivity index (χ4v) is 2.55. The number of hydrogen-bond acceptors (Lipinski definition) is 2. The Labute approximate surface area is 106 Å². The van der Waals surface area contributed by atoms with E-state index in [1.54, 1.807) is 54.6 Å². The van der Waals surface area contributed by atoms with Crippen molar-refractivity contribution in [1.82, 2.24) is 0 Å². The van der Waals surface area contributed by atoms with Gasteiger partial charge in [-0.3, -0.25) is 4.72 Å². The first-order chi connectivity index (χ1) is 8.08. The van der Waals surface area contributed by atoms with Crippen LogP contribution in [-0.2, 0) is 10.0 Å². The third-order valence-corrected chi connectivity index (χ3v) is 3.83. The van der Waals surface area contributed by atoms with Gasteiger partial charge in [-0.15, -0.1) is 0 Å². The highest BCUT2D eigenvalue weighted by Crippen LogP contribution is 2.17. The van der Waals surface area contributed by atoms with Gasteiger partial charge in [-0.25, -0.2) is 8.42 Å². The van der Waals surface area contributed by atoms with Gasteiger partial charge < -0.3 is 0 Å². The highest BCUT2D eigenvalue weighted by atomic mass is 32.2. The van der Waals surface area contributed by atoms with E-state index in [1.807, 2.05) is 0 Å². The molecule has 1 N–H and O–H groups in total. The molecule has 0 saturated heterocycles. The van der Waals surface area contributed by atoms with Gasteiger partial charge in [0.2, 0.25) is 0 Å². The quantitative estimate of drug-likeness (QED) is 0.926. The summed E-state index contributed by atoms with van der Waals surface area (Å²) in [5.74, 6) is 0. The number of hydrogen-bond donors (Lipinski definition) is 1. The zero-order chi connectivity index (χ0) is 12.3. The van der Waals surface area contributed by atoms with Gasteiger partial charge >= 0.3 is 0 Å². The second kappa shape index (κ2) is 4.73. The van der Waals surface area contributed by atoms with Crippen LogP contribution in [-0.4, -0.2) is 8.42 Å². The Balaban J connectivity index is 2.27. The molecule has 0 aliphatic rings. The lowest BCUT2D eigenvalue weighted by atomic mass is 10.3. The zero-order valence-corrected chi connectivity index (χ0v) is 10.5. The zero-order valence-electron chi connectivity index (χ0n) is 8.83. The maximum absolute atomic E-state index is 11.9. The van der Waals surface area contributed by atoms with Crippen LogP contribution in [0.15, 0.2) is 64.4 Å². The van der Waals surface area contributed by atoms with E-state index in [2.05, 4.69) is 4.72 Å². The largest absolute Gasteiger partial charge is 0.280 e. The summed E-state index contributed by atoms with van der Waals surface area (Å²) < 4.78 is 26.4. The molecule has 0 spiro atoms. The Morgan fingerprint density at radius 2 is 1.47 bits per heavy atom. The predicted molar refractivity (Wildman–Crippen MR) is 69.5 cm³/mol. The summed E-state index contributed by atoms with van der Waals surface area (Å²) in [5, 5.41) is 0. The summed E-state index contributed by atoms with van der Waals surface area (Å²) in [5.41, 5.74) is 0.502. The van der Waals surface area contributed by atoms with E-state index in [0.717, 1.165) is 0 Å². The Morgan fingerprint density at radius 3 is 2.06 bits per heavy atom. The smallest absolute Gasteiger partial charge is 0.261 e. The van der Waals surface area contributed by atoms with Gasteiger partial charge in [0.1, 0.15) is 0 Å². The van der Waals surface area contributed by atoms with Crippen molar-refractivity contribution >= 4 is 28.3 Å². The van der Waals surface area contributed by atoms with Gasteiger partial charge in [-0.1, -0.05) is 30.8 Å². The summed E-state index contributed by atoms with van der Waals surface area (Å²) >= 11 is 4.93. The van der Waals surface area contributed by atoms with Crippen molar-refractivity contribution in [3.8, 4) is 0 Å². The molecule has 0 fully saturated rings. The van der Waals surface area contributed by atoms with E-state index in [9.17, 15) is 8.42 Å². The number of rotatable bonds is 3. The minimum absolute atomic E-state index is 0.238. The normalized spacial score (nSPS) is 11.1. The third kappa shape index (κ3) is 2.95. The Kier molecular flexibility index (Phi) is 3.31. The summed E-state index contributed by atoms with van der Waals surface area (Å²) in [6.45, 7) is 0. The molecule has 1 radical (unpaired) electrons. The van der Waals surface area contributed by atoms with Gasteiger partial charge in [0.05, 0.1) is 4.90 Å². The lowest BCUT2D eigenvalue weighted by Gasteiger charge is -2.07. The molecule has 0 amide bonds. The lowest BCUT2D eigenvalue weighted by molar-refractivity contribution is 0.601. The van der Waals surface area contributed by atoms with Crippen molar-refractivity contribution in [1.29, 1.82) is 0 Å². The van der Waals surface area contributed by atoms with E-state index >= 15 is 0 Å². The van der Waals surface area contributed by atoms with Crippen LogP contribution in [0.3, 0.4) is 0 Å². The van der Waals surface area contributed by atoms with E-state index in [1.165, 1.54) is 0 Å². The number of benzene rings is 2. The average Bonchev–Trinajstić information content (AvgIpc) is 2.33. The maximum atomic E-state index is 11.9. The molecule has 0 aliphatic carbocycles. The average molecular weight is 264 g/mol. The molecule has 5 heteroatoms. The molecule has 0 unspecified atom stereocenters. The fourth-order valence-electron chi connectivity index (χ4n) is 1.34. The third-order valence-electron chi connectivity index (χ3n) is 2.16. The Hall–Kier alpha value is -1.59. The van der Waals surface area contributed by atoms with E-state index in [0.29, 0.717) is 10.6 Å². The molecular weight excluding hydrogens is 254 g/mol. The monoisotopic (exact) mass is 264 g/mol. The van der Waals surface area contributed by atoms with Crippen LogP contribution >= 0.6 is 12.6 Å². The van der Waals surface area contributed by atoms with Gasteiger partial charge in [0.15, 0.2) is 0 Å². The lowest BCUT2D eigenvalue weighted by Crippen LogP contribution is -2.12. The van der Waals surface area contributed by atoms with Gasteiger partial charge in [0, 0.05) is 10.6 Å². The van der Waals surface area contributed by atoms with Crippen LogP contribution in [0.4, 0.5) is 5.69 Å². The molecular formula is C12H10NO2S2. The van der Waals surface area contributed by atoms with Crippen molar-refractivity contribution in [3.05, 3.63) is 54.6 Å². The Bertz CT molecular complexity index is 592. The van der Waals surface area contributed by atoms with Crippen LogP contribution in [0.25, 0.3) is 0 Å². The van der Waals surface area contributed by atoms with Crippen molar-refractivity contribution < 1.29 is 8.42 Å². The summed E-state index contributed by atoms with van der Waals surface area (Å²) in [6, 6.07) is 14.9. The van der Waals surface area contributed by atoms with Crippen molar-refractivity contribution in [2.45, 2.75) is 9.79 Å². The first-order valence-electron chi connectivity index (χ1n) is 4.93. The van der Waals surface area contributed by atoms with Crippen LogP contribution in [0, 0.1) is 0 Å². The molecule has 0 aromatic heterocycles. The summed E-state index contributed by atoms with van der Waals surface area (Å²) in [6.07, 6.45) is 0. The molecule has 17 heavy (non-hydrogen) atoms. The van der Waals surface area contributed by atoms with E-state index < -0.39 is 10.0 Å². The van der Waals surface area contributed by atoms with E-state index in [-0.39, 0.29) is 4.90 Å². The molecule has 2 rings (SSSR count). The van der Waals surface area contributed by atoms with Crippen molar-refractivity contribution in [3.63, 3.8) is 0 Å². The van der Waals surface area contributed by atoms with Gasteiger partial charge in [0.25, 0.3) is 10.0 Å². The van der Waals surface area contributed by atoms with Gasteiger partial charge in [-0.05, 0) is 36.4 Å². The maximum Gasteiger partial charge on any atom is 0.261 e. The first kappa shape index (κ1) is 11.9. The van der Waals surface area contributed by atoms with Crippen molar-refractivity contribution in [2.24, 2.45) is 0 Å².